The summed E-state index contributed by atoms with van der Waals surface area (Å²) in [5.74, 6) is 0.620. The van der Waals surface area contributed by atoms with E-state index >= 15 is 0 Å². The fraction of sp³-hybridized carbons (Fsp3) is 0.632. The number of hydrogen-bond donors (Lipinski definition) is 2. The topological polar surface area (TPSA) is 50.4 Å². The van der Waals surface area contributed by atoms with Crippen LogP contribution in [0.1, 0.15) is 50.6 Å². The summed E-state index contributed by atoms with van der Waals surface area (Å²) in [6.07, 6.45) is 0.719. The summed E-state index contributed by atoms with van der Waals surface area (Å²) >= 11 is 0. The molecule has 2 bridgehead atoms. The van der Waals surface area contributed by atoms with Crippen molar-refractivity contribution in [3.63, 3.8) is 0 Å². The molecule has 0 saturated carbocycles. The minimum absolute atomic E-state index is 0. The first-order valence-electron chi connectivity index (χ1n) is 9.13. The number of rotatable bonds is 6. The van der Waals surface area contributed by atoms with Crippen LogP contribution in [0.25, 0.3) is 0 Å². The van der Waals surface area contributed by atoms with E-state index in [-0.39, 0.29) is 30.1 Å². The van der Waals surface area contributed by atoms with Crippen LogP contribution in [0.3, 0.4) is 0 Å². The van der Waals surface area contributed by atoms with E-state index in [1.165, 1.54) is 25.0 Å². The Morgan fingerprint density at radius 3 is 2.37 bits per heavy atom. The first-order valence-corrected chi connectivity index (χ1v) is 9.13. The van der Waals surface area contributed by atoms with E-state index in [0.717, 1.165) is 18.4 Å². The second-order valence-electron chi connectivity index (χ2n) is 7.44. The average Bonchev–Trinajstić information content (AvgIpc) is 2.91. The van der Waals surface area contributed by atoms with Gasteiger partial charge in [-0.05, 0) is 56.2 Å². The van der Waals surface area contributed by atoms with Crippen LogP contribution in [0.4, 0.5) is 13.2 Å². The molecule has 3 unspecified atom stereocenters. The van der Waals surface area contributed by atoms with Gasteiger partial charge in [-0.15, -0.1) is 12.4 Å². The molecule has 0 aliphatic carbocycles. The summed E-state index contributed by atoms with van der Waals surface area (Å²) in [5, 5.41) is 6.56. The second kappa shape index (κ2) is 9.15. The van der Waals surface area contributed by atoms with Gasteiger partial charge in [-0.1, -0.05) is 12.1 Å². The smallest absolute Gasteiger partial charge is 0.422 e. The van der Waals surface area contributed by atoms with Gasteiger partial charge in [0.25, 0.3) is 0 Å². The van der Waals surface area contributed by atoms with Crippen molar-refractivity contribution in [3.05, 3.63) is 29.8 Å². The minimum atomic E-state index is -4.35. The lowest BCUT2D eigenvalue weighted by Gasteiger charge is -2.29. The van der Waals surface area contributed by atoms with E-state index in [9.17, 15) is 18.0 Å². The van der Waals surface area contributed by atoms with Gasteiger partial charge >= 0.3 is 6.18 Å². The Kier molecular flexibility index (Phi) is 7.40. The summed E-state index contributed by atoms with van der Waals surface area (Å²) in [6, 6.07) is 7.28. The monoisotopic (exact) mass is 406 g/mol. The Morgan fingerprint density at radius 1 is 1.22 bits per heavy atom. The molecule has 2 aliphatic heterocycles. The fourth-order valence-electron chi connectivity index (χ4n) is 4.01. The van der Waals surface area contributed by atoms with Crippen LogP contribution in [0, 0.1) is 5.92 Å². The Hall–Kier alpha value is -1.47. The molecule has 3 atom stereocenters. The van der Waals surface area contributed by atoms with Crippen LogP contribution in [0.2, 0.25) is 0 Å². The molecular formula is C19H26ClF3N2O2. The third kappa shape index (κ3) is 6.57. The number of carbonyl (C=O) groups is 1. The lowest BCUT2D eigenvalue weighted by atomic mass is 9.89. The number of ether oxygens (including phenoxy) is 1. The van der Waals surface area contributed by atoms with Crippen molar-refractivity contribution in [3.8, 4) is 5.75 Å². The number of hydrogen-bond acceptors (Lipinski definition) is 3. The van der Waals surface area contributed by atoms with Gasteiger partial charge in [0.2, 0.25) is 5.91 Å². The Balaban J connectivity index is 0.00000261. The first-order chi connectivity index (χ1) is 12.3. The van der Waals surface area contributed by atoms with Crippen LogP contribution in [-0.2, 0) is 4.79 Å². The van der Waals surface area contributed by atoms with Crippen LogP contribution >= 0.6 is 12.4 Å². The van der Waals surface area contributed by atoms with Crippen molar-refractivity contribution < 1.29 is 22.7 Å². The van der Waals surface area contributed by atoms with Gasteiger partial charge in [0, 0.05) is 18.5 Å². The average molecular weight is 407 g/mol. The van der Waals surface area contributed by atoms with Crippen molar-refractivity contribution in [1.82, 2.24) is 10.6 Å². The quantitative estimate of drug-likeness (QED) is 0.746. The van der Waals surface area contributed by atoms with Crippen molar-refractivity contribution >= 4 is 18.3 Å². The molecule has 1 aromatic rings. The van der Waals surface area contributed by atoms with E-state index < -0.39 is 12.8 Å². The molecule has 1 aromatic carbocycles. The lowest BCUT2D eigenvalue weighted by Crippen LogP contribution is -2.40. The van der Waals surface area contributed by atoms with Gasteiger partial charge in [0.05, 0.1) is 6.04 Å². The number of fused-ring (bicyclic) bond motifs is 2. The number of alkyl halides is 3. The highest BCUT2D eigenvalue weighted by molar-refractivity contribution is 5.85. The van der Waals surface area contributed by atoms with Crippen molar-refractivity contribution in [2.24, 2.45) is 5.92 Å². The maximum absolute atomic E-state index is 12.3. The number of amides is 1. The van der Waals surface area contributed by atoms with Gasteiger partial charge < -0.3 is 15.4 Å². The fourth-order valence-corrected chi connectivity index (χ4v) is 4.01. The van der Waals surface area contributed by atoms with Crippen LogP contribution < -0.4 is 15.4 Å². The molecule has 2 saturated heterocycles. The van der Waals surface area contributed by atoms with Crippen molar-refractivity contribution in [2.75, 3.05) is 6.61 Å². The summed E-state index contributed by atoms with van der Waals surface area (Å²) < 4.78 is 41.2. The SMILES string of the molecule is CC(NC(=O)CC1CC2CCC(C1)N2)c1ccc(OCC(F)(F)F)cc1.Cl. The molecule has 3 rings (SSSR count). The highest BCUT2D eigenvalue weighted by Crippen LogP contribution is 2.32. The largest absolute Gasteiger partial charge is 0.484 e. The zero-order valence-electron chi connectivity index (χ0n) is 15.2. The Morgan fingerprint density at radius 2 is 1.81 bits per heavy atom. The molecule has 8 heteroatoms. The van der Waals surface area contributed by atoms with Gasteiger partial charge in [0.15, 0.2) is 6.61 Å². The highest BCUT2D eigenvalue weighted by Gasteiger charge is 2.34. The molecule has 2 fully saturated rings. The maximum atomic E-state index is 12.3. The van der Waals surface area contributed by atoms with E-state index in [4.69, 9.17) is 4.74 Å². The zero-order chi connectivity index (χ0) is 18.7. The summed E-state index contributed by atoms with van der Waals surface area (Å²) in [5.41, 5.74) is 0.836. The third-order valence-corrected chi connectivity index (χ3v) is 5.20. The van der Waals surface area contributed by atoms with Crippen molar-refractivity contribution in [1.29, 1.82) is 0 Å². The molecule has 2 N–H and O–H groups in total. The molecule has 4 nitrogen and oxygen atoms in total. The molecule has 27 heavy (non-hydrogen) atoms. The van der Waals surface area contributed by atoms with Gasteiger partial charge in [-0.2, -0.15) is 13.2 Å². The molecule has 152 valence electrons. The Labute approximate surface area is 163 Å². The van der Waals surface area contributed by atoms with E-state index in [1.54, 1.807) is 12.1 Å². The predicted molar refractivity (Wildman–Crippen MR) is 99.1 cm³/mol. The molecule has 2 aliphatic rings. The van der Waals surface area contributed by atoms with E-state index in [0.29, 0.717) is 24.4 Å². The minimum Gasteiger partial charge on any atom is -0.484 e. The molecule has 0 radical (unpaired) electrons. The molecule has 0 aromatic heterocycles. The third-order valence-electron chi connectivity index (χ3n) is 5.20. The number of carbonyl (C=O) groups excluding carboxylic acids is 1. The lowest BCUT2D eigenvalue weighted by molar-refractivity contribution is -0.153. The van der Waals surface area contributed by atoms with Crippen molar-refractivity contribution in [2.45, 2.75) is 63.3 Å². The summed E-state index contributed by atoms with van der Waals surface area (Å²) in [4.78, 5) is 12.3. The van der Waals surface area contributed by atoms with Gasteiger partial charge in [0.1, 0.15) is 5.75 Å². The summed E-state index contributed by atoms with van der Waals surface area (Å²) in [7, 11) is 0. The predicted octanol–water partition coefficient (Wildman–Crippen LogP) is 4.15. The number of piperidine rings is 1. The first kappa shape index (κ1) is 21.8. The van der Waals surface area contributed by atoms with Gasteiger partial charge in [-0.25, -0.2) is 0 Å². The molecule has 1 amide bonds. The van der Waals surface area contributed by atoms with Crippen LogP contribution in [0.5, 0.6) is 5.75 Å². The molecular weight excluding hydrogens is 381 g/mol. The normalized spacial score (nSPS) is 25.4. The highest BCUT2D eigenvalue weighted by atomic mass is 35.5. The number of benzene rings is 1. The standard InChI is InChI=1S/C19H25F3N2O2.ClH/c1-12(14-2-6-17(7-3-14)26-11-19(20,21)22)23-18(25)10-13-8-15-4-5-16(9-13)24-15;/h2-3,6-7,12-13,15-16,24H,4-5,8-11H2,1H3,(H,23,25);1H. The summed E-state index contributed by atoms with van der Waals surface area (Å²) in [6.45, 7) is 0.562. The van der Waals surface area contributed by atoms with Gasteiger partial charge in [-0.3, -0.25) is 4.79 Å². The second-order valence-corrected chi connectivity index (χ2v) is 7.44. The maximum Gasteiger partial charge on any atom is 0.422 e. The number of halogens is 4. The molecule has 2 heterocycles. The van der Waals surface area contributed by atoms with E-state index in [1.807, 2.05) is 6.92 Å². The molecule has 0 spiro atoms. The zero-order valence-corrected chi connectivity index (χ0v) is 16.0. The number of nitrogens with one attached hydrogen (secondary N) is 2. The van der Waals surface area contributed by atoms with Crippen LogP contribution in [-0.4, -0.2) is 30.8 Å². The van der Waals surface area contributed by atoms with Crippen LogP contribution in [0.15, 0.2) is 24.3 Å². The van der Waals surface area contributed by atoms with E-state index in [2.05, 4.69) is 10.6 Å². The Bertz CT molecular complexity index is 612.